The van der Waals surface area contributed by atoms with Crippen molar-refractivity contribution in [1.29, 1.82) is 0 Å². The molecule has 168 valence electrons. The fourth-order valence-corrected chi connectivity index (χ4v) is 4.33. The molecule has 0 unspecified atom stereocenters. The van der Waals surface area contributed by atoms with Gasteiger partial charge in [-0.25, -0.2) is 13.1 Å². The number of aliphatic imine (C=N–C) groups is 1. The minimum atomic E-state index is -3.55. The van der Waals surface area contributed by atoms with Crippen LogP contribution in [0.25, 0.3) is 0 Å². The third kappa shape index (κ3) is 6.95. The Bertz CT molecular complexity index is 936. The highest BCUT2D eigenvalue weighted by molar-refractivity contribution is 14.0. The van der Waals surface area contributed by atoms with Gasteiger partial charge in [-0.05, 0) is 37.5 Å². The van der Waals surface area contributed by atoms with E-state index >= 15 is 0 Å². The molecule has 0 amide bonds. The predicted octanol–water partition coefficient (Wildman–Crippen LogP) is 2.68. The van der Waals surface area contributed by atoms with Gasteiger partial charge in [0.1, 0.15) is 5.76 Å². The maximum absolute atomic E-state index is 12.5. The molecule has 0 radical (unpaired) electrons. The summed E-state index contributed by atoms with van der Waals surface area (Å²) < 4.78 is 33.1. The van der Waals surface area contributed by atoms with E-state index in [2.05, 4.69) is 25.5 Å². The SMILES string of the molecule is CCc1noc(CC)c1CNC(=NC)NCCNS(=O)(=O)c1cc(C)ccc1C.I. The van der Waals surface area contributed by atoms with Crippen molar-refractivity contribution in [1.82, 2.24) is 20.5 Å². The van der Waals surface area contributed by atoms with E-state index in [4.69, 9.17) is 4.52 Å². The standard InChI is InChI=1S/C20H31N5O3S.HI/c1-6-17-16(18(7-2)28-25-17)13-23-20(21-5)22-10-11-24-29(26,27)19-12-14(3)8-9-15(19)4;/h8-9,12,24H,6-7,10-11,13H2,1-5H3,(H2,21,22,23);1H. The molecule has 0 saturated carbocycles. The van der Waals surface area contributed by atoms with Crippen LogP contribution in [0, 0.1) is 13.8 Å². The lowest BCUT2D eigenvalue weighted by Gasteiger charge is -2.13. The summed E-state index contributed by atoms with van der Waals surface area (Å²) in [7, 11) is -1.88. The van der Waals surface area contributed by atoms with Gasteiger partial charge in [-0.15, -0.1) is 24.0 Å². The molecule has 2 aromatic rings. The molecule has 30 heavy (non-hydrogen) atoms. The first kappa shape index (κ1) is 26.4. The maximum Gasteiger partial charge on any atom is 0.240 e. The molecule has 8 nitrogen and oxygen atoms in total. The Morgan fingerprint density at radius 1 is 1.13 bits per heavy atom. The molecule has 0 saturated heterocycles. The Balaban J connectivity index is 0.00000450. The van der Waals surface area contributed by atoms with E-state index in [9.17, 15) is 8.42 Å². The van der Waals surface area contributed by atoms with Crippen LogP contribution in [-0.2, 0) is 29.4 Å². The number of halogens is 1. The molecule has 0 aliphatic rings. The zero-order valence-corrected chi connectivity index (χ0v) is 21.4. The van der Waals surface area contributed by atoms with E-state index in [1.807, 2.05) is 32.9 Å². The first-order valence-corrected chi connectivity index (χ1v) is 11.3. The predicted molar refractivity (Wildman–Crippen MR) is 130 cm³/mol. The fraction of sp³-hybridized carbons (Fsp3) is 0.500. The van der Waals surface area contributed by atoms with Gasteiger partial charge in [-0.2, -0.15) is 0 Å². The van der Waals surface area contributed by atoms with E-state index in [1.54, 1.807) is 20.0 Å². The van der Waals surface area contributed by atoms with Crippen molar-refractivity contribution >= 4 is 40.0 Å². The van der Waals surface area contributed by atoms with Gasteiger partial charge in [0, 0.05) is 38.7 Å². The van der Waals surface area contributed by atoms with E-state index in [0.717, 1.165) is 41.0 Å². The number of rotatable bonds is 9. The van der Waals surface area contributed by atoms with Crippen LogP contribution in [0.15, 0.2) is 32.6 Å². The van der Waals surface area contributed by atoms with Crippen molar-refractivity contribution in [2.75, 3.05) is 20.1 Å². The summed E-state index contributed by atoms with van der Waals surface area (Å²) in [6.45, 7) is 8.91. The van der Waals surface area contributed by atoms with Gasteiger partial charge in [0.05, 0.1) is 10.6 Å². The molecule has 0 bridgehead atoms. The molecule has 10 heteroatoms. The van der Waals surface area contributed by atoms with Crippen LogP contribution < -0.4 is 15.4 Å². The van der Waals surface area contributed by atoms with Crippen LogP contribution in [0.5, 0.6) is 0 Å². The lowest BCUT2D eigenvalue weighted by atomic mass is 10.1. The highest BCUT2D eigenvalue weighted by Gasteiger charge is 2.17. The second kappa shape index (κ2) is 12.3. The van der Waals surface area contributed by atoms with Crippen molar-refractivity contribution < 1.29 is 12.9 Å². The van der Waals surface area contributed by atoms with Crippen LogP contribution in [0.3, 0.4) is 0 Å². The van der Waals surface area contributed by atoms with Crippen LogP contribution in [0.2, 0.25) is 0 Å². The summed E-state index contributed by atoms with van der Waals surface area (Å²) in [4.78, 5) is 4.49. The Hall–Kier alpha value is -1.66. The van der Waals surface area contributed by atoms with Gasteiger partial charge in [-0.1, -0.05) is 31.1 Å². The summed E-state index contributed by atoms with van der Waals surface area (Å²) in [5.41, 5.74) is 3.62. The Morgan fingerprint density at radius 3 is 2.50 bits per heavy atom. The van der Waals surface area contributed by atoms with Crippen LogP contribution in [0.4, 0.5) is 0 Å². The van der Waals surface area contributed by atoms with Crippen LogP contribution in [0.1, 0.15) is 42.0 Å². The van der Waals surface area contributed by atoms with Gasteiger partial charge >= 0.3 is 0 Å². The number of hydrogen-bond acceptors (Lipinski definition) is 5. The molecular formula is C20H32IN5O3S. The van der Waals surface area contributed by atoms with Crippen LogP contribution in [-0.4, -0.2) is 39.7 Å². The molecular weight excluding hydrogens is 517 g/mol. The maximum atomic E-state index is 12.5. The second-order valence-corrected chi connectivity index (χ2v) is 8.49. The quantitative estimate of drug-likeness (QED) is 0.192. The molecule has 1 aromatic carbocycles. The lowest BCUT2D eigenvalue weighted by molar-refractivity contribution is 0.380. The number of aromatic nitrogens is 1. The minimum absolute atomic E-state index is 0. The molecule has 0 spiro atoms. The molecule has 0 aliphatic carbocycles. The number of benzene rings is 1. The molecule has 3 N–H and O–H groups in total. The average Bonchev–Trinajstić information content (AvgIpc) is 3.11. The van der Waals surface area contributed by atoms with Gasteiger partial charge in [-0.3, -0.25) is 4.99 Å². The van der Waals surface area contributed by atoms with Gasteiger partial charge in [0.15, 0.2) is 5.96 Å². The fourth-order valence-electron chi connectivity index (χ4n) is 2.97. The highest BCUT2D eigenvalue weighted by Crippen LogP contribution is 2.16. The number of nitrogens with zero attached hydrogens (tertiary/aromatic N) is 2. The molecule has 0 fully saturated rings. The first-order chi connectivity index (χ1) is 13.8. The van der Waals surface area contributed by atoms with Gasteiger partial charge in [0.2, 0.25) is 10.0 Å². The summed E-state index contributed by atoms with van der Waals surface area (Å²) in [6.07, 6.45) is 1.57. The minimum Gasteiger partial charge on any atom is -0.361 e. The molecule has 2 rings (SSSR count). The third-order valence-corrected chi connectivity index (χ3v) is 6.21. The number of hydrogen-bond donors (Lipinski definition) is 3. The van der Waals surface area contributed by atoms with Crippen LogP contribution >= 0.6 is 24.0 Å². The zero-order valence-electron chi connectivity index (χ0n) is 18.2. The van der Waals surface area contributed by atoms with Crippen molar-refractivity contribution in [3.63, 3.8) is 0 Å². The average molecular weight is 549 g/mol. The molecule has 1 aromatic heterocycles. The normalized spacial score (nSPS) is 11.8. The highest BCUT2D eigenvalue weighted by atomic mass is 127. The van der Waals surface area contributed by atoms with Crippen molar-refractivity contribution in [3.8, 4) is 0 Å². The van der Waals surface area contributed by atoms with E-state index in [1.165, 1.54) is 0 Å². The zero-order chi connectivity index (χ0) is 21.4. The van der Waals surface area contributed by atoms with E-state index in [-0.39, 0.29) is 30.5 Å². The topological polar surface area (TPSA) is 109 Å². The summed E-state index contributed by atoms with van der Waals surface area (Å²) >= 11 is 0. The number of guanidine groups is 1. The molecule has 1 heterocycles. The van der Waals surface area contributed by atoms with Gasteiger partial charge < -0.3 is 15.2 Å². The van der Waals surface area contributed by atoms with E-state index in [0.29, 0.717) is 23.9 Å². The Kier molecular flexibility index (Phi) is 10.8. The summed E-state index contributed by atoms with van der Waals surface area (Å²) in [5, 5.41) is 10.4. The summed E-state index contributed by atoms with van der Waals surface area (Å²) in [6, 6.07) is 5.39. The third-order valence-electron chi connectivity index (χ3n) is 4.61. The Labute approximate surface area is 196 Å². The molecule has 0 aliphatic heterocycles. The van der Waals surface area contributed by atoms with Gasteiger partial charge in [0.25, 0.3) is 0 Å². The van der Waals surface area contributed by atoms with Crippen molar-refractivity contribution in [3.05, 3.63) is 46.3 Å². The van der Waals surface area contributed by atoms with E-state index < -0.39 is 10.0 Å². The monoisotopic (exact) mass is 549 g/mol. The van der Waals surface area contributed by atoms with Crippen molar-refractivity contribution in [2.24, 2.45) is 4.99 Å². The lowest BCUT2D eigenvalue weighted by Crippen LogP contribution is -2.41. The number of aryl methyl sites for hydroxylation is 4. The number of sulfonamides is 1. The first-order valence-electron chi connectivity index (χ1n) is 9.80. The second-order valence-electron chi connectivity index (χ2n) is 6.76. The number of nitrogens with one attached hydrogen (secondary N) is 3. The summed E-state index contributed by atoms with van der Waals surface area (Å²) in [5.74, 6) is 1.45. The molecule has 0 atom stereocenters. The smallest absolute Gasteiger partial charge is 0.240 e. The van der Waals surface area contributed by atoms with Crippen molar-refractivity contribution in [2.45, 2.75) is 52.0 Å². The Morgan fingerprint density at radius 2 is 1.87 bits per heavy atom. The largest absolute Gasteiger partial charge is 0.361 e.